The summed E-state index contributed by atoms with van der Waals surface area (Å²) in [6, 6.07) is 6.56. The first kappa shape index (κ1) is 13.1. The van der Waals surface area contributed by atoms with Gasteiger partial charge in [0.1, 0.15) is 6.61 Å². The maximum absolute atomic E-state index is 10.9. The fourth-order valence-corrected chi connectivity index (χ4v) is 1.74. The van der Waals surface area contributed by atoms with Crippen LogP contribution in [-0.4, -0.2) is 14.7 Å². The van der Waals surface area contributed by atoms with Crippen LogP contribution in [0.1, 0.15) is 18.9 Å². The van der Waals surface area contributed by atoms with Gasteiger partial charge in [-0.1, -0.05) is 19.1 Å². The summed E-state index contributed by atoms with van der Waals surface area (Å²) in [5.74, 6) is 0.617. The van der Waals surface area contributed by atoms with E-state index in [4.69, 9.17) is 4.74 Å². The normalized spacial score (nSPS) is 10.4. The highest BCUT2D eigenvalue weighted by atomic mass is 16.6. The number of hydrogen-bond donors (Lipinski definition) is 0. The minimum absolute atomic E-state index is 0.0726. The van der Waals surface area contributed by atoms with Crippen LogP contribution < -0.4 is 4.74 Å². The number of nitro groups is 1. The van der Waals surface area contributed by atoms with Gasteiger partial charge in [0.05, 0.1) is 22.9 Å². The summed E-state index contributed by atoms with van der Waals surface area (Å²) >= 11 is 0. The standard InChI is InChI=1S/C13H15N3O3/c1-2-7-15-9-12(8-14-15)19-10-11-5-3-4-6-13(11)16(17)18/h3-6,8-9H,2,7,10H2,1H3. The molecular formula is C13H15N3O3. The van der Waals surface area contributed by atoms with E-state index in [1.807, 2.05) is 0 Å². The van der Waals surface area contributed by atoms with Crippen molar-refractivity contribution in [2.45, 2.75) is 26.5 Å². The molecule has 0 atom stereocenters. The van der Waals surface area contributed by atoms with Gasteiger partial charge in [0, 0.05) is 12.6 Å². The molecule has 0 aliphatic heterocycles. The molecule has 1 aromatic carbocycles. The van der Waals surface area contributed by atoms with Gasteiger partial charge in [-0.15, -0.1) is 0 Å². The monoisotopic (exact) mass is 261 g/mol. The minimum atomic E-state index is -0.404. The maximum atomic E-state index is 10.9. The van der Waals surface area contributed by atoms with E-state index in [0.29, 0.717) is 11.3 Å². The smallest absolute Gasteiger partial charge is 0.276 e. The van der Waals surface area contributed by atoms with Crippen molar-refractivity contribution in [3.8, 4) is 5.75 Å². The molecule has 19 heavy (non-hydrogen) atoms. The van der Waals surface area contributed by atoms with E-state index in [1.54, 1.807) is 35.3 Å². The van der Waals surface area contributed by atoms with Gasteiger partial charge in [-0.05, 0) is 12.5 Å². The highest BCUT2D eigenvalue weighted by Gasteiger charge is 2.12. The Morgan fingerprint density at radius 2 is 2.21 bits per heavy atom. The van der Waals surface area contributed by atoms with Gasteiger partial charge in [0.15, 0.2) is 5.75 Å². The first-order chi connectivity index (χ1) is 9.20. The van der Waals surface area contributed by atoms with Crippen molar-refractivity contribution < 1.29 is 9.66 Å². The number of hydrogen-bond acceptors (Lipinski definition) is 4. The molecule has 2 rings (SSSR count). The second-order valence-electron chi connectivity index (χ2n) is 4.11. The molecule has 0 fully saturated rings. The number of para-hydroxylation sites is 1. The summed E-state index contributed by atoms with van der Waals surface area (Å²) in [6.45, 7) is 3.05. The Bertz CT molecular complexity index is 566. The summed E-state index contributed by atoms with van der Waals surface area (Å²) in [5.41, 5.74) is 0.624. The molecule has 100 valence electrons. The van der Waals surface area contributed by atoms with Gasteiger partial charge in [-0.3, -0.25) is 14.8 Å². The molecule has 2 aromatic rings. The third-order valence-electron chi connectivity index (χ3n) is 2.64. The van der Waals surface area contributed by atoms with Crippen LogP contribution in [0.5, 0.6) is 5.75 Å². The second kappa shape index (κ2) is 5.99. The molecule has 0 unspecified atom stereocenters. The summed E-state index contributed by atoms with van der Waals surface area (Å²) in [6.07, 6.45) is 4.40. The van der Waals surface area contributed by atoms with E-state index in [9.17, 15) is 10.1 Å². The highest BCUT2D eigenvalue weighted by molar-refractivity contribution is 5.39. The van der Waals surface area contributed by atoms with Crippen molar-refractivity contribution in [3.05, 3.63) is 52.3 Å². The lowest BCUT2D eigenvalue weighted by atomic mass is 10.2. The van der Waals surface area contributed by atoms with Gasteiger partial charge in [-0.25, -0.2) is 0 Å². The lowest BCUT2D eigenvalue weighted by Crippen LogP contribution is -2.00. The average molecular weight is 261 g/mol. The topological polar surface area (TPSA) is 70.2 Å². The quantitative estimate of drug-likeness (QED) is 0.592. The molecule has 0 spiro atoms. The molecule has 0 radical (unpaired) electrons. The summed E-state index contributed by atoms with van der Waals surface area (Å²) < 4.78 is 7.31. The Kier molecular flexibility index (Phi) is 4.12. The Morgan fingerprint density at radius 3 is 2.95 bits per heavy atom. The van der Waals surface area contributed by atoms with Crippen molar-refractivity contribution >= 4 is 5.69 Å². The predicted molar refractivity (Wildman–Crippen MR) is 69.9 cm³/mol. The van der Waals surface area contributed by atoms with Crippen LogP contribution in [0.4, 0.5) is 5.69 Å². The van der Waals surface area contributed by atoms with Crippen LogP contribution in [0, 0.1) is 10.1 Å². The van der Waals surface area contributed by atoms with Crippen LogP contribution in [0.2, 0.25) is 0 Å². The molecule has 0 saturated heterocycles. The zero-order valence-electron chi connectivity index (χ0n) is 10.7. The van der Waals surface area contributed by atoms with Crippen LogP contribution in [-0.2, 0) is 13.2 Å². The molecule has 0 bridgehead atoms. The van der Waals surface area contributed by atoms with Crippen molar-refractivity contribution in [3.63, 3.8) is 0 Å². The Balaban J connectivity index is 2.03. The van der Waals surface area contributed by atoms with Crippen LogP contribution >= 0.6 is 0 Å². The Hall–Kier alpha value is -2.37. The van der Waals surface area contributed by atoms with E-state index in [0.717, 1.165) is 13.0 Å². The van der Waals surface area contributed by atoms with Crippen LogP contribution in [0.15, 0.2) is 36.7 Å². The van der Waals surface area contributed by atoms with Gasteiger partial charge < -0.3 is 4.74 Å². The second-order valence-corrected chi connectivity index (χ2v) is 4.11. The summed E-state index contributed by atoms with van der Waals surface area (Å²) in [7, 11) is 0. The summed E-state index contributed by atoms with van der Waals surface area (Å²) in [4.78, 5) is 10.5. The average Bonchev–Trinajstić information content (AvgIpc) is 2.85. The molecular weight excluding hydrogens is 246 g/mol. The molecule has 0 amide bonds. The number of nitro benzene ring substituents is 1. The van der Waals surface area contributed by atoms with E-state index in [-0.39, 0.29) is 12.3 Å². The Labute approximate surface area is 110 Å². The molecule has 0 aliphatic rings. The molecule has 6 heteroatoms. The van der Waals surface area contributed by atoms with Crippen molar-refractivity contribution in [1.82, 2.24) is 9.78 Å². The van der Waals surface area contributed by atoms with Gasteiger partial charge in [0.25, 0.3) is 5.69 Å². The third-order valence-corrected chi connectivity index (χ3v) is 2.64. The van der Waals surface area contributed by atoms with Gasteiger partial charge in [-0.2, -0.15) is 5.10 Å². The van der Waals surface area contributed by atoms with E-state index in [2.05, 4.69) is 12.0 Å². The van der Waals surface area contributed by atoms with Gasteiger partial charge >= 0.3 is 0 Å². The van der Waals surface area contributed by atoms with Crippen LogP contribution in [0.25, 0.3) is 0 Å². The molecule has 0 saturated carbocycles. The number of rotatable bonds is 6. The fraction of sp³-hybridized carbons (Fsp3) is 0.308. The maximum Gasteiger partial charge on any atom is 0.276 e. The van der Waals surface area contributed by atoms with Crippen LogP contribution in [0.3, 0.4) is 0 Å². The number of aryl methyl sites for hydroxylation is 1. The SMILES string of the molecule is CCCn1cc(OCc2ccccc2[N+](=O)[O-])cn1. The molecule has 0 aliphatic carbocycles. The van der Waals surface area contributed by atoms with Gasteiger partial charge in [0.2, 0.25) is 0 Å². The molecule has 1 aromatic heterocycles. The van der Waals surface area contributed by atoms with E-state index in [1.165, 1.54) is 6.07 Å². The zero-order chi connectivity index (χ0) is 13.7. The largest absolute Gasteiger partial charge is 0.485 e. The highest BCUT2D eigenvalue weighted by Crippen LogP contribution is 2.20. The number of nitrogens with zero attached hydrogens (tertiary/aromatic N) is 3. The van der Waals surface area contributed by atoms with Crippen molar-refractivity contribution in [1.29, 1.82) is 0 Å². The first-order valence-electron chi connectivity index (χ1n) is 6.08. The van der Waals surface area contributed by atoms with Crippen molar-refractivity contribution in [2.75, 3.05) is 0 Å². The predicted octanol–water partition coefficient (Wildman–Crippen LogP) is 2.78. The Morgan fingerprint density at radius 1 is 1.42 bits per heavy atom. The van der Waals surface area contributed by atoms with E-state index >= 15 is 0 Å². The molecule has 6 nitrogen and oxygen atoms in total. The lowest BCUT2D eigenvalue weighted by molar-refractivity contribution is -0.385. The fourth-order valence-electron chi connectivity index (χ4n) is 1.74. The molecule has 1 heterocycles. The molecule has 0 N–H and O–H groups in total. The number of ether oxygens (including phenoxy) is 1. The summed E-state index contributed by atoms with van der Waals surface area (Å²) in [5, 5.41) is 15.0. The van der Waals surface area contributed by atoms with E-state index < -0.39 is 4.92 Å². The number of benzene rings is 1. The first-order valence-corrected chi connectivity index (χ1v) is 6.08. The van der Waals surface area contributed by atoms with Crippen molar-refractivity contribution in [2.24, 2.45) is 0 Å². The number of aromatic nitrogens is 2. The lowest BCUT2D eigenvalue weighted by Gasteiger charge is -2.04. The minimum Gasteiger partial charge on any atom is -0.485 e. The zero-order valence-corrected chi connectivity index (χ0v) is 10.7. The third kappa shape index (κ3) is 3.31.